The van der Waals surface area contributed by atoms with Crippen LogP contribution in [0.5, 0.6) is 11.5 Å². The number of phenolic OH excluding ortho intramolecular Hbond substituents is 1. The lowest BCUT2D eigenvalue weighted by atomic mass is 9.97. The predicted molar refractivity (Wildman–Crippen MR) is 73.6 cm³/mol. The van der Waals surface area contributed by atoms with Crippen LogP contribution in [0.15, 0.2) is 23.4 Å². The van der Waals surface area contributed by atoms with Gasteiger partial charge in [0.25, 0.3) is 5.91 Å². The normalized spacial score (nSPS) is 21.0. The highest BCUT2D eigenvalue weighted by Crippen LogP contribution is 2.26. The number of ether oxygens (including phenoxy) is 1. The molecule has 1 heterocycles. The number of amides is 1. The molecule has 1 saturated heterocycles. The molecule has 0 saturated carbocycles. The van der Waals surface area contributed by atoms with Gasteiger partial charge in [0.05, 0.1) is 18.4 Å². The van der Waals surface area contributed by atoms with Gasteiger partial charge in [0.2, 0.25) is 0 Å². The Kier molecular flexibility index (Phi) is 4.12. The minimum Gasteiger partial charge on any atom is -0.507 e. The van der Waals surface area contributed by atoms with E-state index in [0.29, 0.717) is 31.0 Å². The van der Waals surface area contributed by atoms with Crippen molar-refractivity contribution < 1.29 is 19.8 Å². The molecule has 1 unspecified atom stereocenters. The third-order valence-electron chi connectivity index (χ3n) is 3.55. The summed E-state index contributed by atoms with van der Waals surface area (Å²) in [5.74, 6) is 0.191. The van der Waals surface area contributed by atoms with E-state index in [1.54, 1.807) is 17.0 Å². The van der Waals surface area contributed by atoms with Crippen molar-refractivity contribution >= 4 is 11.6 Å². The maximum absolute atomic E-state index is 12.4. The zero-order chi connectivity index (χ0) is 14.7. The fraction of sp³-hybridized carbons (Fsp3) is 0.429. The Balaban J connectivity index is 2.16. The van der Waals surface area contributed by atoms with Crippen molar-refractivity contribution in [1.82, 2.24) is 4.90 Å². The molecule has 1 fully saturated rings. The van der Waals surface area contributed by atoms with E-state index in [2.05, 4.69) is 5.16 Å². The van der Waals surface area contributed by atoms with Crippen molar-refractivity contribution in [3.63, 3.8) is 0 Å². The number of nitrogens with zero attached hydrogens (tertiary/aromatic N) is 2. The second-order valence-corrected chi connectivity index (χ2v) is 4.88. The van der Waals surface area contributed by atoms with E-state index in [1.807, 2.05) is 6.92 Å². The number of rotatable bonds is 2. The zero-order valence-corrected chi connectivity index (χ0v) is 11.5. The first-order valence-electron chi connectivity index (χ1n) is 6.44. The van der Waals surface area contributed by atoms with Crippen molar-refractivity contribution in [3.05, 3.63) is 23.8 Å². The Labute approximate surface area is 117 Å². The summed E-state index contributed by atoms with van der Waals surface area (Å²) in [7, 11) is 1.50. The maximum atomic E-state index is 12.4. The Morgan fingerprint density at radius 1 is 1.50 bits per heavy atom. The van der Waals surface area contributed by atoms with E-state index in [1.165, 1.54) is 13.2 Å². The van der Waals surface area contributed by atoms with E-state index < -0.39 is 0 Å². The summed E-state index contributed by atoms with van der Waals surface area (Å²) in [4.78, 5) is 14.0. The number of piperidine rings is 1. The number of phenols is 1. The highest BCUT2D eigenvalue weighted by molar-refractivity contribution is 5.98. The van der Waals surface area contributed by atoms with Gasteiger partial charge in [-0.25, -0.2) is 0 Å². The number of hydrogen-bond donors (Lipinski definition) is 2. The Morgan fingerprint density at radius 2 is 2.25 bits per heavy atom. The zero-order valence-electron chi connectivity index (χ0n) is 11.5. The third-order valence-corrected chi connectivity index (χ3v) is 3.55. The molecule has 0 spiro atoms. The molecular weight excluding hydrogens is 260 g/mol. The summed E-state index contributed by atoms with van der Waals surface area (Å²) in [6.07, 6.45) is 0.542. The van der Waals surface area contributed by atoms with Crippen molar-refractivity contribution in [2.24, 2.45) is 11.1 Å². The summed E-state index contributed by atoms with van der Waals surface area (Å²) in [6, 6.07) is 4.61. The smallest absolute Gasteiger partial charge is 0.257 e. The van der Waals surface area contributed by atoms with E-state index in [0.717, 1.165) is 0 Å². The first kappa shape index (κ1) is 14.2. The molecule has 6 nitrogen and oxygen atoms in total. The van der Waals surface area contributed by atoms with Gasteiger partial charge < -0.3 is 20.0 Å². The van der Waals surface area contributed by atoms with Crippen LogP contribution in [0, 0.1) is 5.92 Å². The van der Waals surface area contributed by atoms with Crippen molar-refractivity contribution in [3.8, 4) is 11.5 Å². The second-order valence-electron chi connectivity index (χ2n) is 4.88. The predicted octanol–water partition coefficient (Wildman–Crippen LogP) is 1.71. The summed E-state index contributed by atoms with van der Waals surface area (Å²) in [5, 5.41) is 22.0. The number of aromatic hydroxyl groups is 1. The number of carbonyl (C=O) groups excluding carboxylic acids is 1. The lowest BCUT2D eigenvalue weighted by molar-refractivity contribution is 0.0731. The number of methoxy groups -OCH3 is 1. The molecule has 6 heteroatoms. The Hall–Kier alpha value is -2.24. The van der Waals surface area contributed by atoms with Crippen molar-refractivity contribution in [2.45, 2.75) is 13.3 Å². The van der Waals surface area contributed by atoms with E-state index in [4.69, 9.17) is 9.94 Å². The monoisotopic (exact) mass is 278 g/mol. The summed E-state index contributed by atoms with van der Waals surface area (Å²) in [6.45, 7) is 2.86. The van der Waals surface area contributed by atoms with Crippen LogP contribution in [0.2, 0.25) is 0 Å². The highest BCUT2D eigenvalue weighted by atomic mass is 16.5. The fourth-order valence-corrected chi connectivity index (χ4v) is 2.35. The van der Waals surface area contributed by atoms with Crippen LogP contribution in [0.1, 0.15) is 23.7 Å². The fourth-order valence-electron chi connectivity index (χ4n) is 2.35. The minimum atomic E-state index is -0.228. The van der Waals surface area contributed by atoms with Gasteiger partial charge >= 0.3 is 0 Å². The molecule has 0 radical (unpaired) electrons. The average Bonchev–Trinajstić information content (AvgIpc) is 2.46. The van der Waals surface area contributed by atoms with Crippen LogP contribution in [-0.2, 0) is 0 Å². The average molecular weight is 278 g/mol. The molecule has 1 atom stereocenters. The molecule has 2 rings (SSSR count). The molecule has 1 aliphatic rings. The van der Waals surface area contributed by atoms with Gasteiger partial charge in [0, 0.05) is 31.5 Å². The number of likely N-dealkylation sites (tertiary alicyclic amines) is 1. The van der Waals surface area contributed by atoms with Gasteiger partial charge in [-0.2, -0.15) is 0 Å². The molecule has 1 aromatic carbocycles. The van der Waals surface area contributed by atoms with Gasteiger partial charge in [-0.3, -0.25) is 4.79 Å². The molecule has 0 bridgehead atoms. The standard InChI is InChI=1S/C14H18N2O4/c1-9-8-16(6-5-12(9)15-19)14(18)11-4-3-10(20-2)7-13(11)17/h3-4,7,9,17,19H,5-6,8H2,1-2H3/b15-12-. The van der Waals surface area contributed by atoms with Gasteiger partial charge in [0.15, 0.2) is 0 Å². The molecule has 20 heavy (non-hydrogen) atoms. The van der Waals surface area contributed by atoms with Crippen LogP contribution in [-0.4, -0.2) is 47.0 Å². The summed E-state index contributed by atoms with van der Waals surface area (Å²) < 4.78 is 4.99. The van der Waals surface area contributed by atoms with Gasteiger partial charge in [-0.1, -0.05) is 12.1 Å². The van der Waals surface area contributed by atoms with Gasteiger partial charge in [-0.15, -0.1) is 0 Å². The summed E-state index contributed by atoms with van der Waals surface area (Å²) in [5.41, 5.74) is 0.954. The molecule has 0 aliphatic carbocycles. The highest BCUT2D eigenvalue weighted by Gasteiger charge is 2.27. The van der Waals surface area contributed by atoms with Crippen LogP contribution < -0.4 is 4.74 Å². The number of oxime groups is 1. The lowest BCUT2D eigenvalue weighted by Gasteiger charge is -2.31. The van der Waals surface area contributed by atoms with E-state index in [-0.39, 0.29) is 23.1 Å². The number of hydrogen-bond acceptors (Lipinski definition) is 5. The molecule has 2 N–H and O–H groups in total. The molecule has 0 aromatic heterocycles. The van der Waals surface area contributed by atoms with Crippen LogP contribution in [0.4, 0.5) is 0 Å². The van der Waals surface area contributed by atoms with Crippen LogP contribution >= 0.6 is 0 Å². The molecule has 108 valence electrons. The SMILES string of the molecule is COc1ccc(C(=O)N2CC/C(=N/O)C(C)C2)c(O)c1. The van der Waals surface area contributed by atoms with Gasteiger partial charge in [-0.05, 0) is 12.1 Å². The molecular formula is C14H18N2O4. The Morgan fingerprint density at radius 3 is 2.80 bits per heavy atom. The number of carbonyl (C=O) groups is 1. The van der Waals surface area contributed by atoms with Crippen molar-refractivity contribution in [1.29, 1.82) is 0 Å². The Bertz CT molecular complexity index is 542. The first-order valence-corrected chi connectivity index (χ1v) is 6.44. The van der Waals surface area contributed by atoms with Crippen LogP contribution in [0.25, 0.3) is 0 Å². The first-order chi connectivity index (χ1) is 9.56. The summed E-state index contributed by atoms with van der Waals surface area (Å²) >= 11 is 0. The van der Waals surface area contributed by atoms with Crippen LogP contribution in [0.3, 0.4) is 0 Å². The molecule has 1 aromatic rings. The van der Waals surface area contributed by atoms with Crippen molar-refractivity contribution in [2.75, 3.05) is 20.2 Å². The van der Waals surface area contributed by atoms with E-state index >= 15 is 0 Å². The van der Waals surface area contributed by atoms with E-state index in [9.17, 15) is 9.90 Å². The number of benzene rings is 1. The molecule has 1 amide bonds. The molecule has 1 aliphatic heterocycles. The second kappa shape index (κ2) is 5.81. The largest absolute Gasteiger partial charge is 0.507 e. The third kappa shape index (κ3) is 2.68. The maximum Gasteiger partial charge on any atom is 0.257 e. The quantitative estimate of drug-likeness (QED) is 0.637. The topological polar surface area (TPSA) is 82.4 Å². The lowest BCUT2D eigenvalue weighted by Crippen LogP contribution is -2.43. The minimum absolute atomic E-state index is 0.0121. The van der Waals surface area contributed by atoms with Gasteiger partial charge in [0.1, 0.15) is 11.5 Å².